The second kappa shape index (κ2) is 8.01. The molecule has 1 saturated heterocycles. The number of halogens is 1. The molecule has 26 heavy (non-hydrogen) atoms. The van der Waals surface area contributed by atoms with Crippen molar-refractivity contribution in [2.24, 2.45) is 5.92 Å². The fraction of sp³-hybridized carbons (Fsp3) is 0.526. The van der Waals surface area contributed by atoms with Gasteiger partial charge in [-0.15, -0.1) is 0 Å². The Morgan fingerprint density at radius 1 is 1.27 bits per heavy atom. The van der Waals surface area contributed by atoms with Gasteiger partial charge < -0.3 is 4.90 Å². The Bertz CT molecular complexity index is 875. The molecule has 0 saturated carbocycles. The summed E-state index contributed by atoms with van der Waals surface area (Å²) < 4.78 is 1.68. The van der Waals surface area contributed by atoms with Gasteiger partial charge in [0.25, 0.3) is 5.56 Å². The van der Waals surface area contributed by atoms with Crippen LogP contribution < -0.4 is 5.56 Å². The molecule has 1 atom stereocenters. The number of carbonyl (C=O) groups excluding carboxylic acids is 1. The molecule has 0 unspecified atom stereocenters. The first-order chi connectivity index (χ1) is 12.4. The van der Waals surface area contributed by atoms with Crippen molar-refractivity contribution in [3.63, 3.8) is 0 Å². The van der Waals surface area contributed by atoms with Crippen molar-refractivity contribution in [3.8, 4) is 0 Å². The maximum absolute atomic E-state index is 13.0. The molecule has 1 aliphatic heterocycles. The van der Waals surface area contributed by atoms with E-state index in [4.69, 9.17) is 11.6 Å². The van der Waals surface area contributed by atoms with Crippen LogP contribution in [0.15, 0.2) is 28.2 Å². The highest BCUT2D eigenvalue weighted by Gasteiger charge is 2.26. The summed E-state index contributed by atoms with van der Waals surface area (Å²) in [7, 11) is 0. The Morgan fingerprint density at radius 2 is 1.96 bits per heavy atom. The van der Waals surface area contributed by atoms with Gasteiger partial charge in [0.2, 0.25) is 5.91 Å². The van der Waals surface area contributed by atoms with E-state index in [1.165, 1.54) is 11.8 Å². The number of nitrogens with zero attached hydrogens (tertiary/aromatic N) is 3. The molecule has 3 rings (SSSR count). The number of carbonyl (C=O) groups is 1. The van der Waals surface area contributed by atoms with E-state index >= 15 is 0 Å². The van der Waals surface area contributed by atoms with Gasteiger partial charge in [-0.3, -0.25) is 14.2 Å². The normalized spacial score (nSPS) is 15.8. The van der Waals surface area contributed by atoms with Crippen molar-refractivity contribution in [1.82, 2.24) is 14.5 Å². The maximum atomic E-state index is 13.0. The number of likely N-dealkylation sites (tertiary alicyclic amines) is 1. The average Bonchev–Trinajstić information content (AvgIpc) is 3.12. The highest BCUT2D eigenvalue weighted by molar-refractivity contribution is 8.00. The van der Waals surface area contributed by atoms with Crippen LogP contribution in [0.2, 0.25) is 5.02 Å². The summed E-state index contributed by atoms with van der Waals surface area (Å²) in [5.41, 5.74) is 0.511. The van der Waals surface area contributed by atoms with Crippen molar-refractivity contribution in [2.45, 2.75) is 50.6 Å². The monoisotopic (exact) mass is 393 g/mol. The van der Waals surface area contributed by atoms with Crippen LogP contribution in [-0.2, 0) is 11.3 Å². The highest BCUT2D eigenvalue weighted by Crippen LogP contribution is 2.26. The first kappa shape index (κ1) is 19.2. The van der Waals surface area contributed by atoms with Gasteiger partial charge in [-0.05, 0) is 43.9 Å². The predicted molar refractivity (Wildman–Crippen MR) is 107 cm³/mol. The van der Waals surface area contributed by atoms with Gasteiger partial charge in [0.05, 0.1) is 16.2 Å². The standard InChI is InChI=1S/C19H24ClN3O2S/c1-12(2)11-23-18(25)15-10-14(20)6-7-16(15)21-19(23)26-13(3)17(24)22-8-4-5-9-22/h6-7,10,12-13H,4-5,8-9,11H2,1-3H3/t13-/m0/s1. The number of rotatable bonds is 5. The third-order valence-electron chi connectivity index (χ3n) is 4.48. The van der Waals surface area contributed by atoms with E-state index < -0.39 is 0 Å². The van der Waals surface area contributed by atoms with Gasteiger partial charge >= 0.3 is 0 Å². The van der Waals surface area contributed by atoms with Crippen LogP contribution in [0.3, 0.4) is 0 Å². The van der Waals surface area contributed by atoms with Crippen LogP contribution in [0.5, 0.6) is 0 Å². The molecule has 1 aromatic heterocycles. The second-order valence-electron chi connectivity index (χ2n) is 7.16. The number of amides is 1. The molecule has 5 nitrogen and oxygen atoms in total. The zero-order valence-electron chi connectivity index (χ0n) is 15.4. The predicted octanol–water partition coefficient (Wildman–Crippen LogP) is 3.81. The third kappa shape index (κ3) is 4.07. The summed E-state index contributed by atoms with van der Waals surface area (Å²) in [4.78, 5) is 32.2. The Kier molecular flexibility index (Phi) is 5.92. The quantitative estimate of drug-likeness (QED) is 0.572. The summed E-state index contributed by atoms with van der Waals surface area (Å²) >= 11 is 7.42. The van der Waals surface area contributed by atoms with E-state index in [1.807, 2.05) is 11.8 Å². The summed E-state index contributed by atoms with van der Waals surface area (Å²) in [5.74, 6) is 0.407. The molecule has 1 fully saturated rings. The van der Waals surface area contributed by atoms with Crippen molar-refractivity contribution < 1.29 is 4.79 Å². The zero-order chi connectivity index (χ0) is 18.8. The number of fused-ring (bicyclic) bond motifs is 1. The molecule has 140 valence electrons. The van der Waals surface area contributed by atoms with Crippen molar-refractivity contribution in [2.75, 3.05) is 13.1 Å². The Balaban J connectivity index is 1.98. The molecule has 0 aliphatic carbocycles. The van der Waals surface area contributed by atoms with Crippen LogP contribution in [0.1, 0.15) is 33.6 Å². The second-order valence-corrected chi connectivity index (χ2v) is 8.90. The zero-order valence-corrected chi connectivity index (χ0v) is 16.9. The largest absolute Gasteiger partial charge is 0.342 e. The Morgan fingerprint density at radius 3 is 2.62 bits per heavy atom. The minimum atomic E-state index is -0.275. The van der Waals surface area contributed by atoms with E-state index in [9.17, 15) is 9.59 Å². The van der Waals surface area contributed by atoms with Crippen molar-refractivity contribution >= 4 is 40.2 Å². The lowest BCUT2D eigenvalue weighted by atomic mass is 10.2. The average molecular weight is 394 g/mol. The van der Waals surface area contributed by atoms with Gasteiger partial charge in [0.1, 0.15) is 0 Å². The molecule has 0 spiro atoms. The highest BCUT2D eigenvalue weighted by atomic mass is 35.5. The van der Waals surface area contributed by atoms with Crippen molar-refractivity contribution in [3.05, 3.63) is 33.6 Å². The first-order valence-corrected chi connectivity index (χ1v) is 10.3. The molecule has 2 aromatic rings. The Hall–Kier alpha value is -1.53. The lowest BCUT2D eigenvalue weighted by Gasteiger charge is -2.21. The topological polar surface area (TPSA) is 55.2 Å². The number of thioether (sulfide) groups is 1. The first-order valence-electron chi connectivity index (χ1n) is 9.02. The number of hydrogen-bond donors (Lipinski definition) is 0. The van der Waals surface area contributed by atoms with E-state index in [-0.39, 0.29) is 22.6 Å². The lowest BCUT2D eigenvalue weighted by Crippen LogP contribution is -2.35. The molecule has 2 heterocycles. The fourth-order valence-electron chi connectivity index (χ4n) is 3.19. The molecule has 7 heteroatoms. The molecule has 1 aromatic carbocycles. The van der Waals surface area contributed by atoms with E-state index in [0.29, 0.717) is 27.6 Å². The fourth-order valence-corrected chi connectivity index (χ4v) is 4.37. The SMILES string of the molecule is CC(C)Cn1c(S[C@@H](C)C(=O)N2CCCC2)nc2ccc(Cl)cc2c1=O. The van der Waals surface area contributed by atoms with Crippen molar-refractivity contribution in [1.29, 1.82) is 0 Å². The van der Waals surface area contributed by atoms with Gasteiger partial charge in [-0.1, -0.05) is 37.2 Å². The number of hydrogen-bond acceptors (Lipinski definition) is 4. The van der Waals surface area contributed by atoms with Crippen LogP contribution in [0.4, 0.5) is 0 Å². The van der Waals surface area contributed by atoms with Gasteiger partial charge in [-0.2, -0.15) is 0 Å². The lowest BCUT2D eigenvalue weighted by molar-refractivity contribution is -0.129. The minimum Gasteiger partial charge on any atom is -0.342 e. The van der Waals surface area contributed by atoms with E-state index in [2.05, 4.69) is 18.8 Å². The molecule has 0 N–H and O–H groups in total. The van der Waals surface area contributed by atoms with Crippen LogP contribution in [0.25, 0.3) is 10.9 Å². The number of aromatic nitrogens is 2. The summed E-state index contributed by atoms with van der Waals surface area (Å²) in [6.07, 6.45) is 2.13. The molecule has 1 amide bonds. The summed E-state index contributed by atoms with van der Waals surface area (Å²) in [6.45, 7) is 8.21. The van der Waals surface area contributed by atoms with Crippen LogP contribution >= 0.6 is 23.4 Å². The molecule has 1 aliphatic rings. The summed E-state index contributed by atoms with van der Waals surface area (Å²) in [6, 6.07) is 5.16. The Labute approximate surface area is 162 Å². The minimum absolute atomic E-state index is 0.102. The van der Waals surface area contributed by atoms with E-state index in [1.54, 1.807) is 22.8 Å². The number of benzene rings is 1. The summed E-state index contributed by atoms with van der Waals surface area (Å²) in [5, 5.41) is 1.35. The van der Waals surface area contributed by atoms with Gasteiger partial charge in [0, 0.05) is 24.7 Å². The third-order valence-corrected chi connectivity index (χ3v) is 5.79. The smallest absolute Gasteiger partial charge is 0.262 e. The molecular weight excluding hydrogens is 370 g/mol. The van der Waals surface area contributed by atoms with E-state index in [0.717, 1.165) is 25.9 Å². The van der Waals surface area contributed by atoms with Crippen LogP contribution in [-0.4, -0.2) is 38.7 Å². The van der Waals surface area contributed by atoms with Gasteiger partial charge in [0.15, 0.2) is 5.16 Å². The van der Waals surface area contributed by atoms with Gasteiger partial charge in [-0.25, -0.2) is 4.98 Å². The molecule has 0 radical (unpaired) electrons. The maximum Gasteiger partial charge on any atom is 0.262 e. The molecular formula is C19H24ClN3O2S. The molecule has 0 bridgehead atoms. The van der Waals surface area contributed by atoms with Crippen LogP contribution in [0, 0.1) is 5.92 Å².